The molecule has 0 radical (unpaired) electrons. The maximum atomic E-state index is 14.8. The van der Waals surface area contributed by atoms with Gasteiger partial charge in [0.1, 0.15) is 40.8 Å². The number of hydrogen-bond donors (Lipinski definition) is 0. The normalized spacial score (nSPS) is 22.9. The lowest BCUT2D eigenvalue weighted by molar-refractivity contribution is 0.0220. The van der Waals surface area contributed by atoms with Crippen molar-refractivity contribution in [1.82, 2.24) is 14.4 Å². The highest BCUT2D eigenvalue weighted by Gasteiger charge is 2.72. The Morgan fingerprint density at radius 1 is 1.09 bits per heavy atom. The summed E-state index contributed by atoms with van der Waals surface area (Å²) >= 11 is 0. The third kappa shape index (κ3) is 5.56. The Morgan fingerprint density at radius 3 is 2.38 bits per heavy atom. The van der Waals surface area contributed by atoms with Crippen LogP contribution < -0.4 is 10.2 Å². The molecule has 2 saturated heterocycles. The summed E-state index contributed by atoms with van der Waals surface area (Å²) in [6.07, 6.45) is 1.02. The quantitative estimate of drug-likeness (QED) is 0.323. The van der Waals surface area contributed by atoms with Gasteiger partial charge in [0, 0.05) is 29.9 Å². The lowest BCUT2D eigenvalue weighted by Crippen LogP contribution is -2.53. The zero-order chi connectivity index (χ0) is 34.1. The van der Waals surface area contributed by atoms with Gasteiger partial charge in [0.15, 0.2) is 17.2 Å². The van der Waals surface area contributed by atoms with Crippen molar-refractivity contribution in [2.75, 3.05) is 6.54 Å². The second-order valence-corrected chi connectivity index (χ2v) is 13.4. The van der Waals surface area contributed by atoms with Gasteiger partial charge in [0.2, 0.25) is 5.43 Å². The molecule has 0 N–H and O–H groups in total. The fourth-order valence-electron chi connectivity index (χ4n) is 6.26. The number of halogens is 3. The molecule has 3 aromatic rings. The highest BCUT2D eigenvalue weighted by molar-refractivity contribution is 6.04. The van der Waals surface area contributed by atoms with Gasteiger partial charge in [0.25, 0.3) is 11.8 Å². The summed E-state index contributed by atoms with van der Waals surface area (Å²) in [5, 5.41) is 0. The Bertz CT molecular complexity index is 1830. The van der Waals surface area contributed by atoms with Crippen LogP contribution >= 0.6 is 0 Å². The van der Waals surface area contributed by atoms with E-state index in [0.717, 1.165) is 6.20 Å². The highest BCUT2D eigenvalue weighted by Crippen LogP contribution is 2.59. The zero-order valence-corrected chi connectivity index (χ0v) is 26.6. The van der Waals surface area contributed by atoms with E-state index in [1.807, 2.05) is 13.8 Å². The van der Waals surface area contributed by atoms with Crippen LogP contribution in [0, 0.1) is 17.5 Å². The fraction of sp³-hybridized carbons (Fsp3) is 0.412. The van der Waals surface area contributed by atoms with Gasteiger partial charge in [-0.3, -0.25) is 14.4 Å². The number of aromatic nitrogens is 1. The van der Waals surface area contributed by atoms with E-state index in [2.05, 4.69) is 0 Å². The van der Waals surface area contributed by atoms with Gasteiger partial charge in [-0.2, -0.15) is 0 Å². The molecule has 6 rings (SSSR count). The first kappa shape index (κ1) is 32.3. The molecule has 13 heteroatoms. The zero-order valence-electron chi connectivity index (χ0n) is 26.6. The number of ether oxygens (including phenoxy) is 3. The highest BCUT2D eigenvalue weighted by atomic mass is 19.1. The summed E-state index contributed by atoms with van der Waals surface area (Å²) in [4.78, 5) is 57.9. The van der Waals surface area contributed by atoms with E-state index in [1.54, 1.807) is 35.2 Å². The minimum absolute atomic E-state index is 0.120. The predicted octanol–water partition coefficient (Wildman–Crippen LogP) is 5.50. The number of fused-ring (bicyclic) bond motifs is 2. The summed E-state index contributed by atoms with van der Waals surface area (Å²) < 4.78 is 62.4. The first-order chi connectivity index (χ1) is 22.0. The standard InChI is InChI=1S/C34H34F3N3O7/c1-19-11-12-33(5)34(47-33)18-39(19)30(43)26-28(45-17-20-9-7-6-8-10-20)27(41)23(16-40(26)34)29(42)38(31(44)46-32(2,3)4)15-22-24(36)13-21(35)14-25(22)37/h6-10,13-14,16,19H,11-12,15,17-18H2,1-5H3. The molecule has 2 fully saturated rings. The van der Waals surface area contributed by atoms with Crippen LogP contribution in [0.1, 0.15) is 79.4 Å². The number of carbonyl (C=O) groups is 3. The number of benzene rings is 2. The maximum absolute atomic E-state index is 14.8. The van der Waals surface area contributed by atoms with E-state index in [4.69, 9.17) is 14.2 Å². The van der Waals surface area contributed by atoms with Gasteiger partial charge in [-0.15, -0.1) is 0 Å². The summed E-state index contributed by atoms with van der Waals surface area (Å²) in [7, 11) is 0. The third-order valence-electron chi connectivity index (χ3n) is 8.89. The van der Waals surface area contributed by atoms with Crippen LogP contribution in [0.2, 0.25) is 0 Å². The molecular formula is C34H34F3N3O7. The van der Waals surface area contributed by atoms with Gasteiger partial charge in [-0.25, -0.2) is 22.9 Å². The molecular weight excluding hydrogens is 619 g/mol. The van der Waals surface area contributed by atoms with E-state index < -0.39 is 81.1 Å². The van der Waals surface area contributed by atoms with E-state index >= 15 is 0 Å². The number of rotatable bonds is 6. The van der Waals surface area contributed by atoms with Gasteiger partial charge in [0.05, 0.1) is 13.1 Å². The molecule has 4 heterocycles. The van der Waals surface area contributed by atoms with Gasteiger partial charge in [-0.05, 0) is 53.0 Å². The summed E-state index contributed by atoms with van der Waals surface area (Å²) in [5.41, 5.74) is -4.97. The number of nitrogens with zero attached hydrogens (tertiary/aromatic N) is 3. The average Bonchev–Trinajstić information content (AvgIpc) is 3.60. The van der Waals surface area contributed by atoms with Crippen molar-refractivity contribution in [1.29, 1.82) is 0 Å². The molecule has 10 nitrogen and oxygen atoms in total. The Labute approximate surface area is 268 Å². The number of carbonyl (C=O) groups excluding carboxylic acids is 3. The molecule has 2 aromatic carbocycles. The van der Waals surface area contributed by atoms with E-state index in [9.17, 15) is 32.3 Å². The number of imide groups is 1. The molecule has 3 aliphatic rings. The summed E-state index contributed by atoms with van der Waals surface area (Å²) in [6, 6.07) is 9.48. The van der Waals surface area contributed by atoms with Gasteiger partial charge >= 0.3 is 6.09 Å². The van der Waals surface area contributed by atoms with Crippen molar-refractivity contribution in [3.8, 4) is 5.75 Å². The maximum Gasteiger partial charge on any atom is 0.417 e. The van der Waals surface area contributed by atoms with Crippen molar-refractivity contribution in [3.05, 3.63) is 98.7 Å². The third-order valence-corrected chi connectivity index (χ3v) is 8.89. The van der Waals surface area contributed by atoms with Crippen LogP contribution in [-0.2, 0) is 28.4 Å². The van der Waals surface area contributed by atoms with Crippen molar-refractivity contribution in [2.45, 2.75) is 83.6 Å². The largest absolute Gasteiger partial charge is 0.483 e. The number of epoxide rings is 1. The topological polar surface area (TPSA) is 111 Å². The molecule has 1 aromatic heterocycles. The number of amides is 3. The molecule has 3 unspecified atom stereocenters. The van der Waals surface area contributed by atoms with Crippen LogP contribution in [-0.4, -0.2) is 56.1 Å². The molecule has 2 bridgehead atoms. The number of pyridine rings is 1. The lowest BCUT2D eigenvalue weighted by atomic mass is 9.95. The van der Waals surface area contributed by atoms with Crippen LogP contribution in [0.3, 0.4) is 0 Å². The van der Waals surface area contributed by atoms with Crippen molar-refractivity contribution < 1.29 is 41.8 Å². The average molecular weight is 654 g/mol. The molecule has 1 spiro atoms. The van der Waals surface area contributed by atoms with Gasteiger partial charge in [-0.1, -0.05) is 30.3 Å². The summed E-state index contributed by atoms with van der Waals surface area (Å²) in [5.74, 6) is -6.11. The van der Waals surface area contributed by atoms with Crippen molar-refractivity contribution in [2.24, 2.45) is 0 Å². The smallest absolute Gasteiger partial charge is 0.417 e. The first-order valence-electron chi connectivity index (χ1n) is 15.2. The molecule has 0 saturated carbocycles. The SMILES string of the molecule is CC1CCC2(C)OC23CN1C(=O)c1c(OCc2ccccc2)c(=O)c(C(=O)N(Cc2c(F)cc(F)cc2F)C(=O)OC(C)(C)C)cn13. The Kier molecular flexibility index (Phi) is 7.73. The number of hydrogen-bond acceptors (Lipinski definition) is 7. The van der Waals surface area contributed by atoms with Gasteiger partial charge < -0.3 is 23.7 Å². The lowest BCUT2D eigenvalue weighted by Gasteiger charge is -2.38. The molecule has 47 heavy (non-hydrogen) atoms. The predicted molar refractivity (Wildman–Crippen MR) is 161 cm³/mol. The van der Waals surface area contributed by atoms with Crippen molar-refractivity contribution in [3.63, 3.8) is 0 Å². The monoisotopic (exact) mass is 653 g/mol. The van der Waals surface area contributed by atoms with E-state index in [1.165, 1.54) is 25.3 Å². The Hall–Kier alpha value is -4.65. The minimum atomic E-state index is -1.35. The molecule has 248 valence electrons. The van der Waals surface area contributed by atoms with Crippen molar-refractivity contribution >= 4 is 17.9 Å². The fourth-order valence-corrected chi connectivity index (χ4v) is 6.26. The second kappa shape index (κ2) is 11.3. The summed E-state index contributed by atoms with van der Waals surface area (Å²) in [6.45, 7) is 7.29. The minimum Gasteiger partial charge on any atom is -0.483 e. The molecule has 3 atom stereocenters. The van der Waals surface area contributed by atoms with E-state index in [0.29, 0.717) is 35.4 Å². The second-order valence-electron chi connectivity index (χ2n) is 13.4. The van der Waals surface area contributed by atoms with Crippen LogP contribution in [0.25, 0.3) is 0 Å². The Balaban J connectivity index is 1.52. The first-order valence-corrected chi connectivity index (χ1v) is 15.2. The van der Waals surface area contributed by atoms with Crippen LogP contribution in [0.4, 0.5) is 18.0 Å². The molecule has 3 aliphatic heterocycles. The Morgan fingerprint density at radius 2 is 1.74 bits per heavy atom. The van der Waals surface area contributed by atoms with E-state index in [-0.39, 0.29) is 24.9 Å². The molecule has 0 aliphatic carbocycles. The molecule has 3 amide bonds. The van der Waals surface area contributed by atoms with Crippen LogP contribution in [0.15, 0.2) is 53.5 Å². The van der Waals surface area contributed by atoms with Crippen LogP contribution in [0.5, 0.6) is 5.75 Å².